The van der Waals surface area contributed by atoms with Crippen LogP contribution in [0.5, 0.6) is 0 Å². The minimum atomic E-state index is -0.487. The highest BCUT2D eigenvalue weighted by atomic mass is 32.1. The van der Waals surface area contributed by atoms with Crippen LogP contribution in [-0.2, 0) is 36.5 Å². The fourth-order valence-electron chi connectivity index (χ4n) is 12.7. The maximum absolute atomic E-state index is 2.72. The van der Waals surface area contributed by atoms with Gasteiger partial charge in [0.05, 0.1) is 10.8 Å². The van der Waals surface area contributed by atoms with Crippen LogP contribution in [0.25, 0.3) is 30.6 Å². The second-order valence-electron chi connectivity index (χ2n) is 21.8. The van der Waals surface area contributed by atoms with E-state index >= 15 is 0 Å². The number of fused-ring (bicyclic) bond motifs is 6. The third-order valence-electron chi connectivity index (χ3n) is 16.7. The minimum absolute atomic E-state index is 0.457. The van der Waals surface area contributed by atoms with Gasteiger partial charge in [-0.15, -0.1) is 34.0 Å². The largest absolute Gasteiger partial charge is 0.140 e. The second kappa shape index (κ2) is 23.4. The van der Waals surface area contributed by atoms with E-state index in [4.69, 9.17) is 0 Å². The molecule has 3 heterocycles. The zero-order chi connectivity index (χ0) is 50.4. The van der Waals surface area contributed by atoms with Crippen LogP contribution in [0.2, 0.25) is 0 Å². The van der Waals surface area contributed by atoms with Crippen molar-refractivity contribution in [2.75, 3.05) is 0 Å². The van der Waals surface area contributed by atoms with Crippen molar-refractivity contribution >= 4 is 34.0 Å². The van der Waals surface area contributed by atoms with E-state index in [1.54, 1.807) is 0 Å². The molecule has 0 unspecified atom stereocenters. The Balaban J connectivity index is 1.21. The average molecular weight is 1020 g/mol. The lowest BCUT2D eigenvalue weighted by Gasteiger charge is -2.35. The van der Waals surface area contributed by atoms with Crippen LogP contribution in [-0.4, -0.2) is 0 Å². The van der Waals surface area contributed by atoms with Crippen molar-refractivity contribution in [2.24, 2.45) is 0 Å². The Morgan fingerprint density at radius 1 is 0.301 bits per heavy atom. The van der Waals surface area contributed by atoms with Crippen molar-refractivity contribution in [3.8, 4) is 30.6 Å². The van der Waals surface area contributed by atoms with Gasteiger partial charge >= 0.3 is 0 Å². The fraction of sp³-hybridized carbons (Fsp3) is 0.400. The summed E-state index contributed by atoms with van der Waals surface area (Å²) in [5.41, 5.74) is 19.0. The van der Waals surface area contributed by atoms with Crippen LogP contribution in [0.4, 0.5) is 0 Å². The molecule has 0 aliphatic heterocycles. The molecule has 10 rings (SSSR count). The molecule has 5 aromatic carbocycles. The summed E-state index contributed by atoms with van der Waals surface area (Å²) < 4.78 is 0. The molecule has 0 bridgehead atoms. The van der Waals surface area contributed by atoms with E-state index in [0.717, 1.165) is 25.7 Å². The summed E-state index contributed by atoms with van der Waals surface area (Å²) in [6.45, 7) is 13.8. The molecule has 378 valence electrons. The van der Waals surface area contributed by atoms with Gasteiger partial charge in [-0.2, -0.15) is 0 Å². The highest BCUT2D eigenvalue weighted by molar-refractivity contribution is 7.24. The van der Waals surface area contributed by atoms with Crippen LogP contribution in [0.15, 0.2) is 133 Å². The molecule has 3 aromatic heterocycles. The van der Waals surface area contributed by atoms with Gasteiger partial charge in [-0.25, -0.2) is 0 Å². The molecule has 0 nitrogen and oxygen atoms in total. The molecule has 8 aromatic rings. The number of thiophene rings is 3. The highest BCUT2D eigenvalue weighted by Crippen LogP contribution is 2.65. The number of unbranched alkanes of at least 4 members (excludes halogenated alkanes) is 12. The highest BCUT2D eigenvalue weighted by Gasteiger charge is 2.53. The first kappa shape index (κ1) is 51.7. The normalized spacial score (nSPS) is 13.8. The molecule has 2 aliphatic rings. The molecule has 0 N–H and O–H groups in total. The SMILES string of the molecule is CCCCCCc1ccc(C2(c3ccc(CCCCCC)cc3)c3cc4c(cc3-c3sc(C)cc32)C(c2ccc(CCCCCC)cc2)(c2ccc(CCCCCC)cc2)c2cc(-c3ccc(C)s3)sc2-4)cc1. The molecule has 0 saturated heterocycles. The van der Waals surface area contributed by atoms with Gasteiger partial charge in [-0.05, 0) is 180 Å². The van der Waals surface area contributed by atoms with Crippen LogP contribution in [0, 0.1) is 13.8 Å². The molecule has 0 amide bonds. The molecule has 3 heteroatoms. The molecule has 0 radical (unpaired) electrons. The molecule has 73 heavy (non-hydrogen) atoms. The van der Waals surface area contributed by atoms with E-state index in [1.807, 2.05) is 34.0 Å². The van der Waals surface area contributed by atoms with E-state index < -0.39 is 10.8 Å². The van der Waals surface area contributed by atoms with Crippen molar-refractivity contribution < 1.29 is 0 Å². The Bertz CT molecular complexity index is 2950. The lowest BCUT2D eigenvalue weighted by atomic mass is 9.65. The Kier molecular flexibility index (Phi) is 16.6. The van der Waals surface area contributed by atoms with E-state index in [-0.39, 0.29) is 0 Å². The minimum Gasteiger partial charge on any atom is -0.140 e. The second-order valence-corrected chi connectivity index (χ2v) is 25.4. The average Bonchev–Trinajstić information content (AvgIpc) is 4.24. The Morgan fingerprint density at radius 3 is 1.00 bits per heavy atom. The van der Waals surface area contributed by atoms with Crippen molar-refractivity contribution in [3.63, 3.8) is 0 Å². The van der Waals surface area contributed by atoms with Gasteiger partial charge in [-0.3, -0.25) is 0 Å². The maximum Gasteiger partial charge on any atom is 0.0722 e. The molecule has 2 aliphatic carbocycles. The number of aryl methyl sites for hydroxylation is 6. The number of hydrogen-bond donors (Lipinski definition) is 0. The first-order valence-electron chi connectivity index (χ1n) is 28.7. The predicted molar refractivity (Wildman–Crippen MR) is 321 cm³/mol. The van der Waals surface area contributed by atoms with Gasteiger partial charge in [0.15, 0.2) is 0 Å². The van der Waals surface area contributed by atoms with Gasteiger partial charge in [0.2, 0.25) is 0 Å². The van der Waals surface area contributed by atoms with E-state index in [1.165, 1.54) is 210 Å². The lowest BCUT2D eigenvalue weighted by molar-refractivity contribution is 0.666. The van der Waals surface area contributed by atoms with Crippen LogP contribution in [0.1, 0.15) is 207 Å². The quantitative estimate of drug-likeness (QED) is 0.0501. The lowest BCUT2D eigenvalue weighted by Crippen LogP contribution is -2.30. The summed E-state index contributed by atoms with van der Waals surface area (Å²) >= 11 is 5.96. The van der Waals surface area contributed by atoms with Gasteiger partial charge in [0.1, 0.15) is 0 Å². The molecule has 0 saturated carbocycles. The van der Waals surface area contributed by atoms with Crippen molar-refractivity contribution in [2.45, 2.75) is 181 Å². The summed E-state index contributed by atoms with van der Waals surface area (Å²) in [7, 11) is 0. The molecular formula is C70H80S3. The Hall–Kier alpha value is -4.80. The first-order chi connectivity index (χ1) is 35.8. The van der Waals surface area contributed by atoms with Crippen molar-refractivity contribution in [3.05, 3.63) is 210 Å². The van der Waals surface area contributed by atoms with E-state index in [9.17, 15) is 0 Å². The third kappa shape index (κ3) is 10.1. The smallest absolute Gasteiger partial charge is 0.0722 e. The zero-order valence-electron chi connectivity index (χ0n) is 45.1. The summed E-state index contributed by atoms with van der Waals surface area (Å²) in [5.74, 6) is 0. The van der Waals surface area contributed by atoms with Crippen LogP contribution >= 0.6 is 34.0 Å². The Labute approximate surface area is 452 Å². The summed E-state index contributed by atoms with van der Waals surface area (Å²) in [6.07, 6.45) is 25.1. The number of benzene rings is 5. The summed E-state index contributed by atoms with van der Waals surface area (Å²) in [4.78, 5) is 8.36. The van der Waals surface area contributed by atoms with E-state index in [2.05, 4.69) is 175 Å². The van der Waals surface area contributed by atoms with Gasteiger partial charge in [-0.1, -0.05) is 202 Å². The maximum atomic E-state index is 2.72. The van der Waals surface area contributed by atoms with Gasteiger partial charge < -0.3 is 0 Å². The predicted octanol–water partition coefficient (Wildman–Crippen LogP) is 21.4. The molecule has 0 spiro atoms. The van der Waals surface area contributed by atoms with Gasteiger partial charge in [0.25, 0.3) is 0 Å². The third-order valence-corrected chi connectivity index (χ3v) is 20.1. The van der Waals surface area contributed by atoms with Crippen LogP contribution < -0.4 is 0 Å². The molecule has 0 atom stereocenters. The number of hydrogen-bond acceptors (Lipinski definition) is 3. The molecule has 0 fully saturated rings. The monoisotopic (exact) mass is 1020 g/mol. The number of rotatable bonds is 25. The standard InChI is InChI=1S/C70H80S3/c1-7-11-15-19-23-51-28-36-55(37-29-51)69(56-38-30-52(31-39-56)24-20-16-12-8-2)61-47-60-62(46-59(61)67-63(69)45-50(6)72-67)70(57-40-32-53(33-41-57)25-21-17-13-9-3,58-42-34-54(35-43-58)26-22-18-14-10-4)64-48-66(73-68(60)64)65-44-27-49(5)71-65/h27-48H,7-26H2,1-6H3. The van der Waals surface area contributed by atoms with E-state index in [0.29, 0.717) is 0 Å². The Morgan fingerprint density at radius 2 is 0.658 bits per heavy atom. The van der Waals surface area contributed by atoms with Crippen molar-refractivity contribution in [1.29, 1.82) is 0 Å². The fourth-order valence-corrected chi connectivity index (χ4v) is 16.0. The summed E-state index contributed by atoms with van der Waals surface area (Å²) in [5, 5.41) is 0. The topological polar surface area (TPSA) is 0 Å². The first-order valence-corrected chi connectivity index (χ1v) is 31.2. The van der Waals surface area contributed by atoms with Crippen LogP contribution in [0.3, 0.4) is 0 Å². The van der Waals surface area contributed by atoms with Crippen molar-refractivity contribution in [1.82, 2.24) is 0 Å². The van der Waals surface area contributed by atoms with Gasteiger partial charge in [0, 0.05) is 29.3 Å². The molecular weight excluding hydrogens is 937 g/mol. The zero-order valence-corrected chi connectivity index (χ0v) is 47.5. The summed E-state index contributed by atoms with van der Waals surface area (Å²) in [6, 6.07) is 55.1.